The van der Waals surface area contributed by atoms with Gasteiger partial charge >= 0.3 is 0 Å². The summed E-state index contributed by atoms with van der Waals surface area (Å²) in [6.45, 7) is 3.18. The summed E-state index contributed by atoms with van der Waals surface area (Å²) < 4.78 is 5.40. The third kappa shape index (κ3) is 1.82. The predicted octanol–water partition coefficient (Wildman–Crippen LogP) is 1.71. The van der Waals surface area contributed by atoms with Gasteiger partial charge in [0, 0.05) is 17.2 Å². The zero-order valence-corrected chi connectivity index (χ0v) is 9.56. The van der Waals surface area contributed by atoms with Gasteiger partial charge in [0.05, 0.1) is 0 Å². The average Bonchev–Trinajstić information content (AvgIpc) is 2.27. The van der Waals surface area contributed by atoms with Crippen LogP contribution in [0.25, 0.3) is 5.57 Å². The largest absolute Gasteiger partial charge is 0.508 e. The maximum atomic E-state index is 11.5. The van der Waals surface area contributed by atoms with Gasteiger partial charge in [0.15, 0.2) is 18.2 Å². The first kappa shape index (κ1) is 11.4. The van der Waals surface area contributed by atoms with Crippen molar-refractivity contribution in [1.29, 1.82) is 0 Å². The molecule has 0 fully saturated rings. The van der Waals surface area contributed by atoms with E-state index in [0.29, 0.717) is 17.6 Å². The summed E-state index contributed by atoms with van der Waals surface area (Å²) in [6, 6.07) is 4.63. The fraction of sp³-hybridized carbons (Fsp3) is 0.231. The van der Waals surface area contributed by atoms with Crippen molar-refractivity contribution in [2.75, 3.05) is 0 Å². The second kappa shape index (κ2) is 4.05. The van der Waals surface area contributed by atoms with Crippen molar-refractivity contribution in [3.8, 4) is 11.5 Å². The van der Waals surface area contributed by atoms with Gasteiger partial charge < -0.3 is 9.84 Å². The molecule has 1 unspecified atom stereocenters. The van der Waals surface area contributed by atoms with Crippen molar-refractivity contribution < 1.29 is 19.4 Å². The Morgan fingerprint density at radius 2 is 2.18 bits per heavy atom. The summed E-state index contributed by atoms with van der Waals surface area (Å²) >= 11 is 0. The number of benzene rings is 1. The third-order valence-corrected chi connectivity index (χ3v) is 2.81. The molecule has 1 aromatic carbocycles. The van der Waals surface area contributed by atoms with E-state index in [1.165, 1.54) is 19.1 Å². The summed E-state index contributed by atoms with van der Waals surface area (Å²) in [5.41, 5.74) is 1.82. The first-order valence-electron chi connectivity index (χ1n) is 5.21. The number of fused-ring (bicyclic) bond motifs is 1. The van der Waals surface area contributed by atoms with E-state index >= 15 is 0 Å². The number of carbonyl (C=O) groups excluding carboxylic acids is 2. The quantitative estimate of drug-likeness (QED) is 0.788. The smallest absolute Gasteiger partial charge is 0.182 e. The molecule has 1 N–H and O–H groups in total. The van der Waals surface area contributed by atoms with E-state index in [-0.39, 0.29) is 11.5 Å². The Morgan fingerprint density at radius 3 is 2.76 bits per heavy atom. The molecule has 1 aliphatic rings. The molecule has 1 atom stereocenters. The molecule has 1 aliphatic heterocycles. The number of aromatic hydroxyl groups is 1. The van der Waals surface area contributed by atoms with Crippen LogP contribution in [0.3, 0.4) is 0 Å². The molecule has 2 rings (SSSR count). The van der Waals surface area contributed by atoms with Crippen molar-refractivity contribution in [3.05, 3.63) is 29.3 Å². The van der Waals surface area contributed by atoms with Crippen molar-refractivity contribution in [2.24, 2.45) is 0 Å². The summed E-state index contributed by atoms with van der Waals surface area (Å²) in [6.07, 6.45) is -0.297. The lowest BCUT2D eigenvalue weighted by Gasteiger charge is -2.25. The number of allylic oxidation sites excluding steroid dienone is 1. The fourth-order valence-electron chi connectivity index (χ4n) is 2.03. The minimum atomic E-state index is -0.887. The highest BCUT2D eigenvalue weighted by molar-refractivity contribution is 6.06. The molecule has 17 heavy (non-hydrogen) atoms. The number of phenols is 1. The highest BCUT2D eigenvalue weighted by Crippen LogP contribution is 2.37. The maximum Gasteiger partial charge on any atom is 0.182 e. The number of phenolic OH excluding ortho intramolecular Hbond substituents is 1. The molecular formula is C13H12O4. The standard InChI is InChI=1S/C13H12O4/c1-7-10-4-3-9(16)5-11(10)17-12(6-14)13(7)8(2)15/h3-6,12,16H,1-2H3. The van der Waals surface area contributed by atoms with Crippen LogP contribution in [0.2, 0.25) is 0 Å². The molecule has 0 bridgehead atoms. The first-order valence-corrected chi connectivity index (χ1v) is 5.21. The number of carbonyl (C=O) groups is 2. The van der Waals surface area contributed by atoms with Crippen LogP contribution in [0, 0.1) is 0 Å². The Kier molecular flexibility index (Phi) is 2.71. The fourth-order valence-corrected chi connectivity index (χ4v) is 2.03. The number of ether oxygens (including phenoxy) is 1. The van der Waals surface area contributed by atoms with Crippen LogP contribution in [0.5, 0.6) is 11.5 Å². The molecular weight excluding hydrogens is 220 g/mol. The highest BCUT2D eigenvalue weighted by atomic mass is 16.5. The van der Waals surface area contributed by atoms with Crippen molar-refractivity contribution in [2.45, 2.75) is 20.0 Å². The van der Waals surface area contributed by atoms with E-state index < -0.39 is 6.10 Å². The van der Waals surface area contributed by atoms with Crippen molar-refractivity contribution >= 4 is 17.6 Å². The van der Waals surface area contributed by atoms with Gasteiger partial charge in [-0.15, -0.1) is 0 Å². The lowest BCUT2D eigenvalue weighted by molar-refractivity contribution is -0.118. The number of Topliss-reactive ketones (excluding diaryl/α,β-unsaturated/α-hetero) is 1. The van der Waals surface area contributed by atoms with Crippen molar-refractivity contribution in [1.82, 2.24) is 0 Å². The van der Waals surface area contributed by atoms with Crippen molar-refractivity contribution in [3.63, 3.8) is 0 Å². The average molecular weight is 232 g/mol. The van der Waals surface area contributed by atoms with Gasteiger partial charge in [0.1, 0.15) is 11.5 Å². The van der Waals surface area contributed by atoms with Crippen LogP contribution < -0.4 is 4.74 Å². The molecule has 0 aliphatic carbocycles. The van der Waals surface area contributed by atoms with Crippen LogP contribution >= 0.6 is 0 Å². The molecule has 1 aromatic rings. The number of hydrogen-bond acceptors (Lipinski definition) is 4. The van der Waals surface area contributed by atoms with Gasteiger partial charge in [0.2, 0.25) is 0 Å². The van der Waals surface area contributed by atoms with Gasteiger partial charge in [-0.1, -0.05) is 0 Å². The predicted molar refractivity (Wildman–Crippen MR) is 61.9 cm³/mol. The summed E-state index contributed by atoms with van der Waals surface area (Å²) in [7, 11) is 0. The highest BCUT2D eigenvalue weighted by Gasteiger charge is 2.29. The minimum absolute atomic E-state index is 0.0625. The second-order valence-electron chi connectivity index (χ2n) is 3.95. The normalized spacial score (nSPS) is 18.4. The maximum absolute atomic E-state index is 11.5. The second-order valence-corrected chi connectivity index (χ2v) is 3.95. The van der Waals surface area contributed by atoms with Crippen LogP contribution in [0.4, 0.5) is 0 Å². The molecule has 0 spiro atoms. The molecule has 0 aromatic heterocycles. The van der Waals surface area contributed by atoms with E-state index in [9.17, 15) is 14.7 Å². The van der Waals surface area contributed by atoms with Gasteiger partial charge in [-0.25, -0.2) is 0 Å². The molecule has 4 nitrogen and oxygen atoms in total. The Hall–Kier alpha value is -2.10. The molecule has 1 heterocycles. The number of ketones is 1. The summed E-state index contributed by atoms with van der Waals surface area (Å²) in [5.74, 6) is 0.301. The number of hydrogen-bond donors (Lipinski definition) is 1. The molecule has 0 radical (unpaired) electrons. The zero-order chi connectivity index (χ0) is 12.6. The van der Waals surface area contributed by atoms with Crippen LogP contribution in [-0.4, -0.2) is 23.3 Å². The third-order valence-electron chi connectivity index (χ3n) is 2.81. The molecule has 4 heteroatoms. The minimum Gasteiger partial charge on any atom is -0.508 e. The Labute approximate surface area is 98.5 Å². The molecule has 0 saturated heterocycles. The molecule has 88 valence electrons. The molecule has 0 amide bonds. The lowest BCUT2D eigenvalue weighted by atomic mass is 9.92. The Morgan fingerprint density at radius 1 is 1.47 bits per heavy atom. The van der Waals surface area contributed by atoms with Crippen LogP contribution in [-0.2, 0) is 9.59 Å². The van der Waals surface area contributed by atoms with Crippen LogP contribution in [0.15, 0.2) is 23.8 Å². The van der Waals surface area contributed by atoms with Gasteiger partial charge in [-0.3, -0.25) is 9.59 Å². The monoisotopic (exact) mass is 232 g/mol. The van der Waals surface area contributed by atoms with Gasteiger partial charge in [-0.05, 0) is 31.6 Å². The van der Waals surface area contributed by atoms with E-state index in [0.717, 1.165) is 11.1 Å². The Balaban J connectivity index is 2.64. The van der Waals surface area contributed by atoms with Gasteiger partial charge in [0.25, 0.3) is 0 Å². The number of aldehydes is 1. The van der Waals surface area contributed by atoms with E-state index in [1.807, 2.05) is 0 Å². The van der Waals surface area contributed by atoms with Crippen LogP contribution in [0.1, 0.15) is 19.4 Å². The summed E-state index contributed by atoms with van der Waals surface area (Å²) in [4.78, 5) is 22.5. The van der Waals surface area contributed by atoms with E-state index in [1.54, 1.807) is 13.0 Å². The Bertz CT molecular complexity index is 528. The SMILES string of the molecule is CC(=O)C1=C(C)c2ccc(O)cc2OC1C=O. The number of rotatable bonds is 2. The first-order chi connectivity index (χ1) is 8.04. The molecule has 0 saturated carbocycles. The van der Waals surface area contributed by atoms with E-state index in [4.69, 9.17) is 4.74 Å². The summed E-state index contributed by atoms with van der Waals surface area (Å²) in [5, 5.41) is 9.36. The lowest BCUT2D eigenvalue weighted by Crippen LogP contribution is -2.29. The zero-order valence-electron chi connectivity index (χ0n) is 9.56. The van der Waals surface area contributed by atoms with E-state index in [2.05, 4.69) is 0 Å². The van der Waals surface area contributed by atoms with Gasteiger partial charge in [-0.2, -0.15) is 0 Å². The topological polar surface area (TPSA) is 63.6 Å².